The van der Waals surface area contributed by atoms with Gasteiger partial charge in [-0.1, -0.05) is 15.9 Å². The SMILES string of the molecule is Cc1c(N)ccc(Br)c1C.Cl. The number of nitrogens with two attached hydrogens (primary N) is 1. The second-order valence-electron chi connectivity index (χ2n) is 2.39. The Hall–Kier alpha value is -0.210. The molecule has 0 unspecified atom stereocenters. The molecule has 0 aliphatic rings. The Morgan fingerprint density at radius 2 is 1.73 bits per heavy atom. The van der Waals surface area contributed by atoms with Crippen LogP contribution in [0.15, 0.2) is 16.6 Å². The third-order valence-corrected chi connectivity index (χ3v) is 2.62. The van der Waals surface area contributed by atoms with E-state index in [1.165, 1.54) is 5.56 Å². The predicted molar refractivity (Wildman–Crippen MR) is 55.3 cm³/mol. The summed E-state index contributed by atoms with van der Waals surface area (Å²) in [6.45, 7) is 4.07. The highest BCUT2D eigenvalue weighted by Crippen LogP contribution is 2.23. The summed E-state index contributed by atoms with van der Waals surface area (Å²) in [6.07, 6.45) is 0. The Balaban J connectivity index is 0.000001000. The Bertz CT molecular complexity index is 234. The first kappa shape index (κ1) is 10.8. The Labute approximate surface area is 81.5 Å². The van der Waals surface area contributed by atoms with Gasteiger partial charge in [0, 0.05) is 10.2 Å². The number of rotatable bonds is 0. The van der Waals surface area contributed by atoms with E-state index in [1.54, 1.807) is 0 Å². The molecule has 0 fully saturated rings. The van der Waals surface area contributed by atoms with Crippen LogP contribution in [-0.2, 0) is 0 Å². The summed E-state index contributed by atoms with van der Waals surface area (Å²) in [5, 5.41) is 0. The fraction of sp³-hybridized carbons (Fsp3) is 0.250. The molecule has 1 aromatic carbocycles. The highest BCUT2D eigenvalue weighted by molar-refractivity contribution is 9.10. The van der Waals surface area contributed by atoms with Gasteiger partial charge in [0.05, 0.1) is 0 Å². The third kappa shape index (κ3) is 2.11. The van der Waals surface area contributed by atoms with Gasteiger partial charge < -0.3 is 5.73 Å². The fourth-order valence-corrected chi connectivity index (χ4v) is 1.24. The number of nitrogen functional groups attached to an aromatic ring is 1. The first-order chi connectivity index (χ1) is 4.63. The van der Waals surface area contributed by atoms with Crippen molar-refractivity contribution in [2.45, 2.75) is 13.8 Å². The lowest BCUT2D eigenvalue weighted by Gasteiger charge is -2.04. The van der Waals surface area contributed by atoms with Crippen LogP contribution in [-0.4, -0.2) is 0 Å². The largest absolute Gasteiger partial charge is 0.399 e. The molecule has 1 nitrogen and oxygen atoms in total. The molecule has 0 aliphatic heterocycles. The van der Waals surface area contributed by atoms with E-state index in [1.807, 2.05) is 19.1 Å². The van der Waals surface area contributed by atoms with Gasteiger partial charge in [0.2, 0.25) is 0 Å². The van der Waals surface area contributed by atoms with Crippen LogP contribution in [0.4, 0.5) is 5.69 Å². The van der Waals surface area contributed by atoms with E-state index in [2.05, 4.69) is 22.9 Å². The van der Waals surface area contributed by atoms with Crippen LogP contribution in [0, 0.1) is 13.8 Å². The molecule has 0 heterocycles. The van der Waals surface area contributed by atoms with Crippen molar-refractivity contribution in [2.24, 2.45) is 0 Å². The zero-order chi connectivity index (χ0) is 7.72. The van der Waals surface area contributed by atoms with E-state index in [9.17, 15) is 0 Å². The van der Waals surface area contributed by atoms with Crippen LogP contribution in [0.2, 0.25) is 0 Å². The molecule has 0 aliphatic carbocycles. The lowest BCUT2D eigenvalue weighted by atomic mass is 10.1. The van der Waals surface area contributed by atoms with Gasteiger partial charge >= 0.3 is 0 Å². The van der Waals surface area contributed by atoms with Gasteiger partial charge in [0.15, 0.2) is 0 Å². The smallest absolute Gasteiger partial charge is 0.0347 e. The van der Waals surface area contributed by atoms with Gasteiger partial charge in [0.1, 0.15) is 0 Å². The monoisotopic (exact) mass is 235 g/mol. The summed E-state index contributed by atoms with van der Waals surface area (Å²) in [5.74, 6) is 0. The molecule has 0 saturated carbocycles. The van der Waals surface area contributed by atoms with Gasteiger partial charge in [-0.2, -0.15) is 0 Å². The summed E-state index contributed by atoms with van der Waals surface area (Å²) < 4.78 is 1.12. The number of halogens is 2. The van der Waals surface area contributed by atoms with Crippen molar-refractivity contribution >= 4 is 34.0 Å². The van der Waals surface area contributed by atoms with Crippen molar-refractivity contribution < 1.29 is 0 Å². The third-order valence-electron chi connectivity index (χ3n) is 1.76. The lowest BCUT2D eigenvalue weighted by Crippen LogP contribution is -1.91. The Kier molecular flexibility index (Phi) is 3.90. The summed E-state index contributed by atoms with van der Waals surface area (Å²) in [6, 6.07) is 3.88. The Morgan fingerprint density at radius 3 is 2.18 bits per heavy atom. The molecule has 0 aromatic heterocycles. The van der Waals surface area contributed by atoms with Crippen molar-refractivity contribution in [3.63, 3.8) is 0 Å². The lowest BCUT2D eigenvalue weighted by molar-refractivity contribution is 1.32. The van der Waals surface area contributed by atoms with E-state index >= 15 is 0 Å². The van der Waals surface area contributed by atoms with Crippen LogP contribution < -0.4 is 5.73 Å². The number of hydrogen-bond donors (Lipinski definition) is 1. The van der Waals surface area contributed by atoms with Crippen LogP contribution in [0.1, 0.15) is 11.1 Å². The predicted octanol–water partition coefficient (Wildman–Crippen LogP) is 3.07. The van der Waals surface area contributed by atoms with E-state index in [4.69, 9.17) is 5.73 Å². The summed E-state index contributed by atoms with van der Waals surface area (Å²) in [4.78, 5) is 0. The molecular formula is C8H11BrClN. The van der Waals surface area contributed by atoms with E-state index in [-0.39, 0.29) is 12.4 Å². The van der Waals surface area contributed by atoms with Crippen molar-refractivity contribution in [3.05, 3.63) is 27.7 Å². The van der Waals surface area contributed by atoms with Gasteiger partial charge in [-0.25, -0.2) is 0 Å². The molecule has 0 saturated heterocycles. The molecule has 0 atom stereocenters. The molecule has 3 heteroatoms. The number of benzene rings is 1. The minimum absolute atomic E-state index is 0. The maximum absolute atomic E-state index is 5.67. The second kappa shape index (κ2) is 3.98. The molecule has 0 bridgehead atoms. The molecule has 0 radical (unpaired) electrons. The zero-order valence-corrected chi connectivity index (χ0v) is 8.92. The van der Waals surface area contributed by atoms with E-state index in [0.717, 1.165) is 15.7 Å². The number of anilines is 1. The molecule has 62 valence electrons. The van der Waals surface area contributed by atoms with E-state index < -0.39 is 0 Å². The minimum atomic E-state index is 0. The zero-order valence-electron chi connectivity index (χ0n) is 6.52. The average molecular weight is 237 g/mol. The first-order valence-corrected chi connectivity index (χ1v) is 3.93. The summed E-state index contributed by atoms with van der Waals surface area (Å²) >= 11 is 3.42. The average Bonchev–Trinajstić information content (AvgIpc) is 1.93. The maximum Gasteiger partial charge on any atom is 0.0347 e. The van der Waals surface area contributed by atoms with Crippen LogP contribution >= 0.6 is 28.3 Å². The Morgan fingerprint density at radius 1 is 1.18 bits per heavy atom. The molecule has 0 amide bonds. The molecule has 2 N–H and O–H groups in total. The minimum Gasteiger partial charge on any atom is -0.399 e. The standard InChI is InChI=1S/C8H10BrN.ClH/c1-5-6(2)8(10)4-3-7(5)9;/h3-4H,10H2,1-2H3;1H. The van der Waals surface area contributed by atoms with E-state index in [0.29, 0.717) is 0 Å². The summed E-state index contributed by atoms with van der Waals surface area (Å²) in [5.41, 5.74) is 8.91. The highest BCUT2D eigenvalue weighted by atomic mass is 79.9. The fourth-order valence-electron chi connectivity index (χ4n) is 0.809. The highest BCUT2D eigenvalue weighted by Gasteiger charge is 1.99. The second-order valence-corrected chi connectivity index (χ2v) is 3.24. The van der Waals surface area contributed by atoms with Crippen LogP contribution in [0.25, 0.3) is 0 Å². The maximum atomic E-state index is 5.67. The molecule has 1 aromatic rings. The van der Waals surface area contributed by atoms with Gasteiger partial charge in [-0.15, -0.1) is 12.4 Å². The molecule has 11 heavy (non-hydrogen) atoms. The summed E-state index contributed by atoms with van der Waals surface area (Å²) in [7, 11) is 0. The quantitative estimate of drug-likeness (QED) is 0.689. The van der Waals surface area contributed by atoms with Crippen molar-refractivity contribution in [1.29, 1.82) is 0 Å². The molecule has 1 rings (SSSR count). The molecular weight excluding hydrogens is 225 g/mol. The molecule has 0 spiro atoms. The van der Waals surface area contributed by atoms with Crippen molar-refractivity contribution in [3.8, 4) is 0 Å². The van der Waals surface area contributed by atoms with Crippen molar-refractivity contribution in [1.82, 2.24) is 0 Å². The number of hydrogen-bond acceptors (Lipinski definition) is 1. The van der Waals surface area contributed by atoms with Crippen LogP contribution in [0.3, 0.4) is 0 Å². The first-order valence-electron chi connectivity index (χ1n) is 3.14. The van der Waals surface area contributed by atoms with Crippen molar-refractivity contribution in [2.75, 3.05) is 5.73 Å². The van der Waals surface area contributed by atoms with Gasteiger partial charge in [-0.05, 0) is 37.1 Å². The van der Waals surface area contributed by atoms with Crippen LogP contribution in [0.5, 0.6) is 0 Å². The topological polar surface area (TPSA) is 26.0 Å². The van der Waals surface area contributed by atoms with Gasteiger partial charge in [0.25, 0.3) is 0 Å². The normalized spacial score (nSPS) is 9.00. The van der Waals surface area contributed by atoms with Gasteiger partial charge in [-0.3, -0.25) is 0 Å².